The summed E-state index contributed by atoms with van der Waals surface area (Å²) >= 11 is 5.66. The molecule has 0 spiro atoms. The van der Waals surface area contributed by atoms with Gasteiger partial charge in [0.25, 0.3) is 0 Å². The molecular formula is C9H9ClN6O4. The van der Waals surface area contributed by atoms with E-state index >= 15 is 0 Å². The zero-order chi connectivity index (χ0) is 14.7. The van der Waals surface area contributed by atoms with Crippen LogP contribution in [0.3, 0.4) is 0 Å². The molecule has 0 N–H and O–H groups in total. The number of pyridine rings is 1. The first-order valence-corrected chi connectivity index (χ1v) is 5.85. The third kappa shape index (κ3) is 3.09. The molecule has 0 saturated carbocycles. The fourth-order valence-electron chi connectivity index (χ4n) is 1.79. The Morgan fingerprint density at radius 1 is 1.35 bits per heavy atom. The van der Waals surface area contributed by atoms with E-state index in [-0.39, 0.29) is 25.6 Å². The minimum absolute atomic E-state index is 0.0285. The Kier molecular flexibility index (Phi) is 3.94. The number of aromatic nitrogens is 1. The predicted molar refractivity (Wildman–Crippen MR) is 67.8 cm³/mol. The predicted octanol–water partition coefficient (Wildman–Crippen LogP) is 0.592. The molecule has 1 saturated heterocycles. The third-order valence-corrected chi connectivity index (χ3v) is 2.85. The lowest BCUT2D eigenvalue weighted by Crippen LogP contribution is -2.37. The smallest absolute Gasteiger partial charge is 0.327 e. The van der Waals surface area contributed by atoms with Crippen molar-refractivity contribution >= 4 is 17.6 Å². The number of hydrazine groups is 1. The van der Waals surface area contributed by atoms with E-state index in [0.29, 0.717) is 10.2 Å². The first-order chi connectivity index (χ1) is 9.47. The summed E-state index contributed by atoms with van der Waals surface area (Å²) in [6.45, 7) is 0.512. The molecule has 20 heavy (non-hydrogen) atoms. The van der Waals surface area contributed by atoms with Crippen LogP contribution in [-0.4, -0.2) is 44.0 Å². The molecule has 0 aromatic carbocycles. The van der Waals surface area contributed by atoms with Gasteiger partial charge < -0.3 is 4.90 Å². The zero-order valence-corrected chi connectivity index (χ0v) is 10.8. The highest BCUT2D eigenvalue weighted by molar-refractivity contribution is 6.29. The molecule has 1 aromatic rings. The lowest BCUT2D eigenvalue weighted by atomic mass is 10.3. The lowest BCUT2D eigenvalue weighted by molar-refractivity contribution is -0.628. The van der Waals surface area contributed by atoms with Crippen molar-refractivity contribution in [1.82, 2.24) is 14.9 Å². The number of halogens is 1. The van der Waals surface area contributed by atoms with Gasteiger partial charge in [-0.3, -0.25) is 0 Å². The molecule has 2 rings (SSSR count). The second-order valence-electron chi connectivity index (χ2n) is 3.91. The number of guanidine groups is 1. The van der Waals surface area contributed by atoms with Gasteiger partial charge in [-0.15, -0.1) is 0 Å². The molecule has 0 radical (unpaired) electrons. The third-order valence-electron chi connectivity index (χ3n) is 2.63. The van der Waals surface area contributed by atoms with E-state index in [1.54, 1.807) is 12.1 Å². The molecule has 0 atom stereocenters. The maximum absolute atomic E-state index is 10.8. The van der Waals surface area contributed by atoms with Crippen LogP contribution < -0.4 is 0 Å². The summed E-state index contributed by atoms with van der Waals surface area (Å²) in [6.07, 6.45) is 1.50. The Bertz CT molecular complexity index is 562. The Hall–Kier alpha value is -2.49. The van der Waals surface area contributed by atoms with Crippen LogP contribution in [0, 0.1) is 20.2 Å². The van der Waals surface area contributed by atoms with E-state index in [1.807, 2.05) is 0 Å². The fourth-order valence-corrected chi connectivity index (χ4v) is 1.90. The summed E-state index contributed by atoms with van der Waals surface area (Å²) in [7, 11) is 0. The fraction of sp³-hybridized carbons (Fsp3) is 0.333. The number of nitrogens with zero attached hydrogens (tertiary/aromatic N) is 6. The molecule has 1 aliphatic rings. The van der Waals surface area contributed by atoms with E-state index in [0.717, 1.165) is 5.56 Å². The minimum atomic E-state index is -0.954. The second-order valence-corrected chi connectivity index (χ2v) is 4.30. The maximum Gasteiger partial charge on any atom is 0.335 e. The maximum atomic E-state index is 10.8. The van der Waals surface area contributed by atoms with Crippen molar-refractivity contribution in [3.63, 3.8) is 0 Å². The molecule has 1 fully saturated rings. The van der Waals surface area contributed by atoms with Gasteiger partial charge in [0, 0.05) is 19.3 Å². The van der Waals surface area contributed by atoms with Gasteiger partial charge in [0.2, 0.25) is 0 Å². The van der Waals surface area contributed by atoms with Crippen LogP contribution in [-0.2, 0) is 6.54 Å². The first kappa shape index (κ1) is 13.9. The molecule has 2 heterocycles. The molecule has 0 aliphatic carbocycles. The number of hydrogen-bond acceptors (Lipinski definition) is 5. The molecule has 1 aromatic heterocycles. The Morgan fingerprint density at radius 2 is 2.10 bits per heavy atom. The van der Waals surface area contributed by atoms with Gasteiger partial charge in [-0.2, -0.15) is 0 Å². The number of hydrogen-bond donors (Lipinski definition) is 0. The van der Waals surface area contributed by atoms with Crippen molar-refractivity contribution in [3.8, 4) is 0 Å². The van der Waals surface area contributed by atoms with Gasteiger partial charge in [-0.1, -0.05) is 22.7 Å². The molecule has 106 valence electrons. The Balaban J connectivity index is 2.20. The van der Waals surface area contributed by atoms with Gasteiger partial charge in [-0.25, -0.2) is 25.2 Å². The van der Waals surface area contributed by atoms with Gasteiger partial charge in [0.15, 0.2) is 10.1 Å². The molecule has 1 aliphatic heterocycles. The van der Waals surface area contributed by atoms with Crippen molar-refractivity contribution in [2.45, 2.75) is 6.54 Å². The van der Waals surface area contributed by atoms with Gasteiger partial charge in [-0.05, 0) is 11.6 Å². The summed E-state index contributed by atoms with van der Waals surface area (Å²) in [5, 5.41) is 23.7. The monoisotopic (exact) mass is 300 g/mol. The molecule has 10 nitrogen and oxygen atoms in total. The van der Waals surface area contributed by atoms with Gasteiger partial charge in [0.05, 0.1) is 0 Å². The Labute approximate surface area is 117 Å². The van der Waals surface area contributed by atoms with Crippen molar-refractivity contribution in [2.75, 3.05) is 13.1 Å². The summed E-state index contributed by atoms with van der Waals surface area (Å²) < 4.78 is 0. The highest BCUT2D eigenvalue weighted by atomic mass is 35.5. The van der Waals surface area contributed by atoms with Crippen LogP contribution in [0.4, 0.5) is 0 Å². The average Bonchev–Trinajstić information content (AvgIpc) is 2.75. The number of nitro groups is 2. The summed E-state index contributed by atoms with van der Waals surface area (Å²) in [6, 6.07) is 3.26. The first-order valence-electron chi connectivity index (χ1n) is 5.47. The number of hydrazone groups is 1. The zero-order valence-electron chi connectivity index (χ0n) is 10.0. The van der Waals surface area contributed by atoms with Crippen LogP contribution in [0.1, 0.15) is 5.56 Å². The van der Waals surface area contributed by atoms with Crippen molar-refractivity contribution in [2.24, 2.45) is 5.10 Å². The van der Waals surface area contributed by atoms with E-state index in [4.69, 9.17) is 11.6 Å². The van der Waals surface area contributed by atoms with Crippen molar-refractivity contribution in [3.05, 3.63) is 49.3 Å². The van der Waals surface area contributed by atoms with Crippen LogP contribution in [0.5, 0.6) is 0 Å². The van der Waals surface area contributed by atoms with Crippen molar-refractivity contribution in [1.29, 1.82) is 0 Å². The number of rotatable bonds is 4. The summed E-state index contributed by atoms with van der Waals surface area (Å²) in [5.74, 6) is -0.296. The standard InChI is InChI=1S/C9H9ClN6O4/c10-8-2-1-7(5-11-8)6-13-3-4-14(16(19)20)9(13)12-15(17)18/h1-2,5H,3-4,6H2/b12-9-. The second kappa shape index (κ2) is 5.65. The summed E-state index contributed by atoms with van der Waals surface area (Å²) in [5.41, 5.74) is 0.718. The average molecular weight is 301 g/mol. The Morgan fingerprint density at radius 3 is 2.65 bits per heavy atom. The van der Waals surface area contributed by atoms with Crippen LogP contribution in [0.15, 0.2) is 23.4 Å². The SMILES string of the molecule is O=[N+]([O-])/N=C1/N(Cc2ccc(Cl)nc2)CCN1[N+](=O)[O-]. The highest BCUT2D eigenvalue weighted by Gasteiger charge is 2.37. The lowest BCUT2D eigenvalue weighted by Gasteiger charge is -2.15. The molecule has 0 amide bonds. The largest absolute Gasteiger partial charge is 0.335 e. The minimum Gasteiger partial charge on any atom is -0.327 e. The van der Waals surface area contributed by atoms with Gasteiger partial charge in [0.1, 0.15) is 16.8 Å². The normalized spacial score (nSPS) is 16.8. The molecule has 0 bridgehead atoms. The van der Waals surface area contributed by atoms with E-state index < -0.39 is 10.1 Å². The van der Waals surface area contributed by atoms with Crippen LogP contribution >= 0.6 is 11.6 Å². The topological polar surface area (TPSA) is 118 Å². The van der Waals surface area contributed by atoms with Crippen LogP contribution in [0.2, 0.25) is 5.15 Å². The van der Waals surface area contributed by atoms with Crippen molar-refractivity contribution < 1.29 is 10.1 Å². The molecular weight excluding hydrogens is 292 g/mol. The molecule has 0 unspecified atom stereocenters. The van der Waals surface area contributed by atoms with E-state index in [2.05, 4.69) is 10.1 Å². The van der Waals surface area contributed by atoms with E-state index in [1.165, 1.54) is 11.1 Å². The highest BCUT2D eigenvalue weighted by Crippen LogP contribution is 2.14. The quantitative estimate of drug-likeness (QED) is 0.453. The molecule has 11 heteroatoms. The van der Waals surface area contributed by atoms with E-state index in [9.17, 15) is 20.2 Å². The summed E-state index contributed by atoms with van der Waals surface area (Å²) in [4.78, 5) is 26.6. The van der Waals surface area contributed by atoms with Gasteiger partial charge >= 0.3 is 5.96 Å². The van der Waals surface area contributed by atoms with Crippen LogP contribution in [0.25, 0.3) is 0 Å².